The van der Waals surface area contributed by atoms with E-state index < -0.39 is 5.97 Å². The third kappa shape index (κ3) is 4.54. The fourth-order valence-electron chi connectivity index (χ4n) is 2.00. The minimum Gasteiger partial charge on any atom is -0.492 e. The van der Waals surface area contributed by atoms with Crippen molar-refractivity contribution < 1.29 is 19.4 Å². The summed E-state index contributed by atoms with van der Waals surface area (Å²) in [4.78, 5) is 10.7. The van der Waals surface area contributed by atoms with Crippen LogP contribution < -0.4 is 10.1 Å². The van der Waals surface area contributed by atoms with Gasteiger partial charge in [-0.15, -0.1) is 0 Å². The van der Waals surface area contributed by atoms with Crippen molar-refractivity contribution in [2.45, 2.75) is 18.9 Å². The predicted molar refractivity (Wildman–Crippen MR) is 70.7 cm³/mol. The Kier molecular flexibility index (Phi) is 5.18. The lowest BCUT2D eigenvalue weighted by atomic mass is 10.2. The zero-order valence-corrected chi connectivity index (χ0v) is 10.8. The van der Waals surface area contributed by atoms with Crippen LogP contribution in [0.5, 0.6) is 5.75 Å². The molecule has 1 aliphatic rings. The van der Waals surface area contributed by atoms with Crippen molar-refractivity contribution in [3.8, 4) is 5.75 Å². The first-order valence-corrected chi connectivity index (χ1v) is 6.54. The van der Waals surface area contributed by atoms with Gasteiger partial charge in [-0.05, 0) is 37.1 Å². The van der Waals surface area contributed by atoms with E-state index in [4.69, 9.17) is 14.6 Å². The van der Waals surface area contributed by atoms with Crippen LogP contribution in [0, 0.1) is 0 Å². The van der Waals surface area contributed by atoms with Crippen LogP contribution in [0.15, 0.2) is 24.3 Å². The summed E-state index contributed by atoms with van der Waals surface area (Å²) < 4.78 is 11.0. The largest absolute Gasteiger partial charge is 0.492 e. The normalized spacial score (nSPS) is 18.4. The molecule has 1 aromatic rings. The van der Waals surface area contributed by atoms with E-state index in [-0.39, 0.29) is 5.56 Å². The molecule has 1 heterocycles. The van der Waals surface area contributed by atoms with Gasteiger partial charge in [-0.25, -0.2) is 4.79 Å². The summed E-state index contributed by atoms with van der Waals surface area (Å²) >= 11 is 0. The molecule has 0 aliphatic carbocycles. The van der Waals surface area contributed by atoms with E-state index in [2.05, 4.69) is 5.32 Å². The molecule has 1 aromatic carbocycles. The van der Waals surface area contributed by atoms with Crippen LogP contribution in [0.3, 0.4) is 0 Å². The molecule has 1 fully saturated rings. The van der Waals surface area contributed by atoms with Crippen molar-refractivity contribution in [1.29, 1.82) is 0 Å². The Morgan fingerprint density at radius 2 is 2.21 bits per heavy atom. The monoisotopic (exact) mass is 265 g/mol. The maximum absolute atomic E-state index is 10.7. The lowest BCUT2D eigenvalue weighted by Gasteiger charge is -2.11. The van der Waals surface area contributed by atoms with Gasteiger partial charge in [0, 0.05) is 19.7 Å². The molecule has 0 amide bonds. The maximum atomic E-state index is 10.7. The molecule has 1 aliphatic heterocycles. The lowest BCUT2D eigenvalue weighted by Crippen LogP contribution is -2.29. The number of carbonyl (C=O) groups is 1. The molecular formula is C14H19NO4. The minimum absolute atomic E-state index is 0.267. The highest BCUT2D eigenvalue weighted by Crippen LogP contribution is 2.12. The topological polar surface area (TPSA) is 67.8 Å². The minimum atomic E-state index is -0.926. The molecule has 19 heavy (non-hydrogen) atoms. The van der Waals surface area contributed by atoms with Crippen molar-refractivity contribution in [3.63, 3.8) is 0 Å². The van der Waals surface area contributed by atoms with Gasteiger partial charge >= 0.3 is 5.97 Å². The summed E-state index contributed by atoms with van der Waals surface area (Å²) in [7, 11) is 0. The molecule has 1 saturated heterocycles. The zero-order chi connectivity index (χ0) is 13.5. The number of carboxylic acid groups (broad SMARTS) is 1. The summed E-state index contributed by atoms with van der Waals surface area (Å²) in [6.07, 6.45) is 2.62. The highest BCUT2D eigenvalue weighted by atomic mass is 16.5. The van der Waals surface area contributed by atoms with Crippen LogP contribution in [0.25, 0.3) is 0 Å². The molecule has 0 radical (unpaired) electrons. The standard InChI is InChI=1S/C14H19NO4/c16-14(17)11-3-5-12(6-4-11)19-9-7-15-10-13-2-1-8-18-13/h3-6,13,15H,1-2,7-10H2,(H,16,17). The lowest BCUT2D eigenvalue weighted by molar-refractivity contribution is 0.0697. The molecule has 104 valence electrons. The van der Waals surface area contributed by atoms with E-state index in [1.54, 1.807) is 12.1 Å². The predicted octanol–water partition coefficient (Wildman–Crippen LogP) is 1.53. The molecule has 0 bridgehead atoms. The Morgan fingerprint density at radius 3 is 2.84 bits per heavy atom. The van der Waals surface area contributed by atoms with Crippen LogP contribution in [-0.2, 0) is 4.74 Å². The van der Waals surface area contributed by atoms with Crippen LogP contribution in [-0.4, -0.2) is 43.5 Å². The number of nitrogens with one attached hydrogen (secondary N) is 1. The van der Waals surface area contributed by atoms with Gasteiger partial charge in [0.1, 0.15) is 12.4 Å². The number of benzene rings is 1. The molecule has 5 heteroatoms. The first-order valence-electron chi connectivity index (χ1n) is 6.54. The van der Waals surface area contributed by atoms with E-state index in [1.807, 2.05) is 0 Å². The molecule has 0 aromatic heterocycles. The number of hydrogen-bond acceptors (Lipinski definition) is 4. The molecular weight excluding hydrogens is 246 g/mol. The second-order valence-electron chi connectivity index (χ2n) is 4.52. The van der Waals surface area contributed by atoms with Crippen LogP contribution >= 0.6 is 0 Å². The fraction of sp³-hybridized carbons (Fsp3) is 0.500. The zero-order valence-electron chi connectivity index (χ0n) is 10.8. The second kappa shape index (κ2) is 7.11. The molecule has 2 N–H and O–H groups in total. The van der Waals surface area contributed by atoms with Crippen LogP contribution in [0.2, 0.25) is 0 Å². The fourth-order valence-corrected chi connectivity index (χ4v) is 2.00. The van der Waals surface area contributed by atoms with E-state index in [1.165, 1.54) is 12.1 Å². The Bertz CT molecular complexity index is 398. The molecule has 2 rings (SSSR count). The molecule has 0 saturated carbocycles. The summed E-state index contributed by atoms with van der Waals surface area (Å²) in [5.41, 5.74) is 0.267. The van der Waals surface area contributed by atoms with Gasteiger partial charge in [0.2, 0.25) is 0 Å². The Morgan fingerprint density at radius 1 is 1.42 bits per heavy atom. The molecule has 0 spiro atoms. The Balaban J connectivity index is 1.61. The van der Waals surface area contributed by atoms with Gasteiger partial charge in [-0.2, -0.15) is 0 Å². The SMILES string of the molecule is O=C(O)c1ccc(OCCNCC2CCCO2)cc1. The van der Waals surface area contributed by atoms with Crippen LogP contribution in [0.4, 0.5) is 0 Å². The van der Waals surface area contributed by atoms with Crippen molar-refractivity contribution in [2.24, 2.45) is 0 Å². The number of hydrogen-bond donors (Lipinski definition) is 2. The second-order valence-corrected chi connectivity index (χ2v) is 4.52. The summed E-state index contributed by atoms with van der Waals surface area (Å²) in [5.74, 6) is -0.242. The number of carboxylic acids is 1. The summed E-state index contributed by atoms with van der Waals surface area (Å²) in [6, 6.07) is 6.42. The molecule has 5 nitrogen and oxygen atoms in total. The van der Waals surface area contributed by atoms with Crippen molar-refractivity contribution in [3.05, 3.63) is 29.8 Å². The van der Waals surface area contributed by atoms with Gasteiger partial charge in [0.25, 0.3) is 0 Å². The van der Waals surface area contributed by atoms with E-state index in [0.29, 0.717) is 18.5 Å². The van der Waals surface area contributed by atoms with E-state index >= 15 is 0 Å². The maximum Gasteiger partial charge on any atom is 0.335 e. The Labute approximate surface area is 112 Å². The highest BCUT2D eigenvalue weighted by molar-refractivity contribution is 5.87. The van der Waals surface area contributed by atoms with Crippen molar-refractivity contribution in [2.75, 3.05) is 26.3 Å². The first kappa shape index (κ1) is 13.8. The van der Waals surface area contributed by atoms with Gasteiger partial charge in [0.15, 0.2) is 0 Å². The van der Waals surface area contributed by atoms with Gasteiger partial charge in [-0.3, -0.25) is 0 Å². The summed E-state index contributed by atoms with van der Waals surface area (Å²) in [6.45, 7) is 3.04. The first-order chi connectivity index (χ1) is 9.25. The molecule has 1 unspecified atom stereocenters. The number of ether oxygens (including phenoxy) is 2. The quantitative estimate of drug-likeness (QED) is 0.732. The number of rotatable bonds is 7. The van der Waals surface area contributed by atoms with Crippen LogP contribution in [0.1, 0.15) is 23.2 Å². The van der Waals surface area contributed by atoms with Gasteiger partial charge in [0.05, 0.1) is 11.7 Å². The third-order valence-corrected chi connectivity index (χ3v) is 3.04. The van der Waals surface area contributed by atoms with E-state index in [9.17, 15) is 4.79 Å². The summed E-state index contributed by atoms with van der Waals surface area (Å²) in [5, 5.41) is 12.0. The average molecular weight is 265 g/mol. The Hall–Kier alpha value is -1.59. The smallest absolute Gasteiger partial charge is 0.335 e. The van der Waals surface area contributed by atoms with Gasteiger partial charge < -0.3 is 19.9 Å². The van der Waals surface area contributed by atoms with E-state index in [0.717, 1.165) is 32.5 Å². The van der Waals surface area contributed by atoms with Crippen molar-refractivity contribution >= 4 is 5.97 Å². The van der Waals surface area contributed by atoms with Crippen molar-refractivity contribution in [1.82, 2.24) is 5.32 Å². The highest BCUT2D eigenvalue weighted by Gasteiger charge is 2.14. The van der Waals surface area contributed by atoms with Gasteiger partial charge in [-0.1, -0.05) is 0 Å². The third-order valence-electron chi connectivity index (χ3n) is 3.04. The average Bonchev–Trinajstić information content (AvgIpc) is 2.92. The molecule has 1 atom stereocenters. The number of aromatic carboxylic acids is 1.